The Hall–Kier alpha value is -3.71. The lowest BCUT2D eigenvalue weighted by atomic mass is 10.0. The van der Waals surface area contributed by atoms with E-state index in [1.54, 1.807) is 6.20 Å². The van der Waals surface area contributed by atoms with Crippen LogP contribution in [-0.4, -0.2) is 29.5 Å². The second-order valence-electron chi connectivity index (χ2n) is 7.15. The molecule has 0 aliphatic rings. The molecule has 0 fully saturated rings. The first-order valence-corrected chi connectivity index (χ1v) is 11.5. The molecule has 0 aliphatic heterocycles. The third-order valence-corrected chi connectivity index (χ3v) is 5.88. The van der Waals surface area contributed by atoms with Crippen LogP contribution in [0.5, 0.6) is 0 Å². The van der Waals surface area contributed by atoms with Crippen LogP contribution in [0.25, 0.3) is 22.3 Å². The van der Waals surface area contributed by atoms with Crippen LogP contribution in [0.4, 0.5) is 0 Å². The predicted molar refractivity (Wildman–Crippen MR) is 121 cm³/mol. The number of nitrogens with zero attached hydrogens (tertiary/aromatic N) is 2. The van der Waals surface area contributed by atoms with E-state index in [-0.39, 0.29) is 18.0 Å². The molecule has 2 heterocycles. The number of hydrogen-bond donors (Lipinski definition) is 1. The van der Waals surface area contributed by atoms with Crippen molar-refractivity contribution < 1.29 is 13.2 Å². The van der Waals surface area contributed by atoms with Gasteiger partial charge in [-0.2, -0.15) is 0 Å². The molecule has 31 heavy (non-hydrogen) atoms. The largest absolute Gasteiger partial charge is 0.346 e. The molecule has 4 aromatic rings. The van der Waals surface area contributed by atoms with E-state index >= 15 is 0 Å². The average molecular weight is 432 g/mol. The Bertz CT molecular complexity index is 1310. The van der Waals surface area contributed by atoms with Crippen molar-refractivity contribution in [2.45, 2.75) is 6.54 Å². The summed E-state index contributed by atoms with van der Waals surface area (Å²) >= 11 is 0. The zero-order valence-corrected chi connectivity index (χ0v) is 17.7. The van der Waals surface area contributed by atoms with Gasteiger partial charge in [0, 0.05) is 18.6 Å². The molecule has 0 bridgehead atoms. The molecule has 1 amide bonds. The van der Waals surface area contributed by atoms with E-state index in [1.165, 1.54) is 18.5 Å². The Kier molecular flexibility index (Phi) is 5.68. The third-order valence-electron chi connectivity index (χ3n) is 4.88. The Labute approximate surface area is 181 Å². The van der Waals surface area contributed by atoms with Crippen LogP contribution in [0, 0.1) is 0 Å². The van der Waals surface area contributed by atoms with Gasteiger partial charge in [0.15, 0.2) is 0 Å². The number of hydrogen-bond acceptors (Lipinski definition) is 4. The topological polar surface area (TPSA) is 81.1 Å². The van der Waals surface area contributed by atoms with E-state index in [9.17, 15) is 13.2 Å². The van der Waals surface area contributed by atoms with Crippen molar-refractivity contribution >= 4 is 15.9 Å². The molecular formula is C24H21N3O3S. The standard InChI is InChI=1S/C24H21N3O3S/c1-31(29,30)27-14-12-22(17-27)24(28)26-16-23-15-21(11-13-25-23)20-9-7-19(8-10-20)18-5-3-2-4-6-18/h2-15,17H,16H2,1H3,(H,26,28). The van der Waals surface area contributed by atoms with Crippen LogP contribution in [0.2, 0.25) is 0 Å². The molecule has 0 spiro atoms. The van der Waals surface area contributed by atoms with Crippen LogP contribution in [0.3, 0.4) is 0 Å². The van der Waals surface area contributed by atoms with E-state index in [2.05, 4.69) is 46.7 Å². The van der Waals surface area contributed by atoms with Crippen molar-refractivity contribution in [3.05, 3.63) is 103 Å². The van der Waals surface area contributed by atoms with E-state index < -0.39 is 10.0 Å². The van der Waals surface area contributed by atoms with Gasteiger partial charge < -0.3 is 5.32 Å². The summed E-state index contributed by atoms with van der Waals surface area (Å²) in [5, 5.41) is 2.78. The lowest BCUT2D eigenvalue weighted by molar-refractivity contribution is 0.0950. The van der Waals surface area contributed by atoms with Crippen molar-refractivity contribution in [3.63, 3.8) is 0 Å². The highest BCUT2D eigenvalue weighted by atomic mass is 32.2. The summed E-state index contributed by atoms with van der Waals surface area (Å²) in [6, 6.07) is 23.8. The number of nitrogens with one attached hydrogen (secondary N) is 1. The Balaban J connectivity index is 1.45. The highest BCUT2D eigenvalue weighted by Crippen LogP contribution is 2.25. The molecular weight excluding hydrogens is 410 g/mol. The van der Waals surface area contributed by atoms with Crippen LogP contribution in [0.1, 0.15) is 16.1 Å². The van der Waals surface area contributed by atoms with Gasteiger partial charge in [-0.05, 0) is 40.5 Å². The van der Waals surface area contributed by atoms with Crippen LogP contribution in [0.15, 0.2) is 91.4 Å². The monoisotopic (exact) mass is 431 g/mol. The Morgan fingerprint density at radius 2 is 1.55 bits per heavy atom. The number of rotatable bonds is 6. The van der Waals surface area contributed by atoms with Crippen molar-refractivity contribution in [1.29, 1.82) is 0 Å². The van der Waals surface area contributed by atoms with Crippen LogP contribution in [-0.2, 0) is 16.6 Å². The smallest absolute Gasteiger partial charge is 0.253 e. The molecule has 2 aromatic heterocycles. The van der Waals surface area contributed by atoms with E-state index in [0.717, 1.165) is 32.5 Å². The first-order valence-electron chi connectivity index (χ1n) is 9.68. The summed E-state index contributed by atoms with van der Waals surface area (Å²) in [6.45, 7) is 0.235. The fourth-order valence-electron chi connectivity index (χ4n) is 3.23. The number of amides is 1. The van der Waals surface area contributed by atoms with Gasteiger partial charge in [-0.15, -0.1) is 0 Å². The van der Waals surface area contributed by atoms with Gasteiger partial charge in [0.1, 0.15) is 0 Å². The molecule has 0 saturated heterocycles. The molecule has 2 aromatic carbocycles. The van der Waals surface area contributed by atoms with Gasteiger partial charge >= 0.3 is 0 Å². The minimum absolute atomic E-state index is 0.235. The number of carbonyl (C=O) groups excluding carboxylic acids is 1. The van der Waals surface area contributed by atoms with Crippen molar-refractivity contribution in [2.75, 3.05) is 6.26 Å². The second kappa shape index (κ2) is 8.57. The highest BCUT2D eigenvalue weighted by molar-refractivity contribution is 7.89. The van der Waals surface area contributed by atoms with Gasteiger partial charge in [0.05, 0.1) is 24.1 Å². The summed E-state index contributed by atoms with van der Waals surface area (Å²) in [4.78, 5) is 16.7. The Morgan fingerprint density at radius 1 is 0.903 bits per heavy atom. The predicted octanol–water partition coefficient (Wildman–Crippen LogP) is 3.95. The van der Waals surface area contributed by atoms with Crippen molar-refractivity contribution in [2.24, 2.45) is 0 Å². The summed E-state index contributed by atoms with van der Waals surface area (Å²) in [5.74, 6) is -0.359. The highest BCUT2D eigenvalue weighted by Gasteiger charge is 2.12. The zero-order valence-electron chi connectivity index (χ0n) is 16.9. The number of benzene rings is 2. The molecule has 0 atom stereocenters. The maximum atomic E-state index is 12.3. The summed E-state index contributed by atoms with van der Waals surface area (Å²) in [7, 11) is -3.42. The third kappa shape index (κ3) is 4.90. The molecule has 6 nitrogen and oxygen atoms in total. The fourth-order valence-corrected chi connectivity index (χ4v) is 3.82. The summed E-state index contributed by atoms with van der Waals surface area (Å²) in [5.41, 5.74) is 5.35. The molecule has 0 aliphatic carbocycles. The quantitative estimate of drug-likeness (QED) is 0.501. The average Bonchev–Trinajstić information content (AvgIpc) is 3.30. The first kappa shape index (κ1) is 20.6. The second-order valence-corrected chi connectivity index (χ2v) is 9.04. The van der Waals surface area contributed by atoms with Gasteiger partial charge in [-0.25, -0.2) is 8.42 Å². The molecule has 1 N–H and O–H groups in total. The SMILES string of the molecule is CS(=O)(=O)n1ccc(C(=O)NCc2cc(-c3ccc(-c4ccccc4)cc3)ccn2)c1. The zero-order chi connectivity index (χ0) is 21.8. The molecule has 0 unspecified atom stereocenters. The van der Waals surface area contributed by atoms with Crippen molar-refractivity contribution in [1.82, 2.24) is 14.3 Å². The first-order chi connectivity index (χ1) is 14.9. The lowest BCUT2D eigenvalue weighted by Crippen LogP contribution is -2.23. The maximum absolute atomic E-state index is 12.3. The minimum atomic E-state index is -3.42. The van der Waals surface area contributed by atoms with Crippen molar-refractivity contribution in [3.8, 4) is 22.3 Å². The van der Waals surface area contributed by atoms with Crippen LogP contribution < -0.4 is 5.32 Å². The molecule has 7 heteroatoms. The summed E-state index contributed by atoms with van der Waals surface area (Å²) in [6.07, 6.45) is 5.43. The van der Waals surface area contributed by atoms with E-state index in [0.29, 0.717) is 5.69 Å². The maximum Gasteiger partial charge on any atom is 0.253 e. The summed E-state index contributed by atoms with van der Waals surface area (Å²) < 4.78 is 24.1. The minimum Gasteiger partial charge on any atom is -0.346 e. The van der Waals surface area contributed by atoms with Crippen LogP contribution >= 0.6 is 0 Å². The van der Waals surface area contributed by atoms with Gasteiger partial charge in [0.2, 0.25) is 10.0 Å². The molecule has 0 radical (unpaired) electrons. The normalized spacial score (nSPS) is 11.3. The van der Waals surface area contributed by atoms with Gasteiger partial charge in [-0.1, -0.05) is 54.6 Å². The van der Waals surface area contributed by atoms with E-state index in [1.807, 2.05) is 30.3 Å². The number of carbonyl (C=O) groups is 1. The van der Waals surface area contributed by atoms with Gasteiger partial charge in [-0.3, -0.25) is 13.8 Å². The fraction of sp³-hybridized carbons (Fsp3) is 0.0833. The Morgan fingerprint density at radius 3 is 2.19 bits per heavy atom. The van der Waals surface area contributed by atoms with E-state index in [4.69, 9.17) is 0 Å². The lowest BCUT2D eigenvalue weighted by Gasteiger charge is -2.08. The molecule has 156 valence electrons. The van der Waals surface area contributed by atoms with Gasteiger partial charge in [0.25, 0.3) is 5.91 Å². The molecule has 4 rings (SSSR count). The number of aromatic nitrogens is 2. The molecule has 0 saturated carbocycles. The number of pyridine rings is 1.